The molecule has 0 saturated heterocycles. The molecule has 6 heteroatoms. The number of aromatic hydroxyl groups is 1. The Labute approximate surface area is 122 Å². The van der Waals surface area contributed by atoms with Crippen LogP contribution in [0.2, 0.25) is 0 Å². The molecule has 21 heavy (non-hydrogen) atoms. The number of carbonyl (C=O) groups is 1. The standard InChI is InChI=1S/C15H18N2O4/c1-9(2)10(8-12(18)21-3)13-14(19)16-11-6-4-5-7-17(11)15(13)20/h4-7,9-10,19H,8H2,1-3H3/t10-/m0/s1. The largest absolute Gasteiger partial charge is 0.493 e. The van der Waals surface area contributed by atoms with Gasteiger partial charge in [0.2, 0.25) is 5.88 Å². The van der Waals surface area contributed by atoms with Crippen molar-refractivity contribution in [3.8, 4) is 5.88 Å². The SMILES string of the molecule is COC(=O)C[C@H](c1c(O)nc2ccccn2c1=O)C(C)C. The van der Waals surface area contributed by atoms with Gasteiger partial charge in [0.1, 0.15) is 5.65 Å². The van der Waals surface area contributed by atoms with Crippen molar-refractivity contribution in [3.05, 3.63) is 40.3 Å². The number of esters is 1. The summed E-state index contributed by atoms with van der Waals surface area (Å²) in [5.74, 6) is -1.22. The molecule has 0 aliphatic rings. The van der Waals surface area contributed by atoms with Crippen molar-refractivity contribution in [1.82, 2.24) is 9.38 Å². The molecule has 0 aromatic carbocycles. The molecule has 2 aromatic rings. The van der Waals surface area contributed by atoms with E-state index in [2.05, 4.69) is 9.72 Å². The highest BCUT2D eigenvalue weighted by atomic mass is 16.5. The molecule has 2 heterocycles. The maximum atomic E-state index is 12.6. The number of methoxy groups -OCH3 is 1. The summed E-state index contributed by atoms with van der Waals surface area (Å²) in [5, 5.41) is 10.1. The number of pyridine rings is 1. The minimum Gasteiger partial charge on any atom is -0.493 e. The third-order valence-electron chi connectivity index (χ3n) is 3.54. The highest BCUT2D eigenvalue weighted by Crippen LogP contribution is 2.30. The zero-order valence-corrected chi connectivity index (χ0v) is 12.2. The van der Waals surface area contributed by atoms with Crippen molar-refractivity contribution in [2.75, 3.05) is 7.11 Å². The summed E-state index contributed by atoms with van der Waals surface area (Å²) in [6, 6.07) is 5.08. The summed E-state index contributed by atoms with van der Waals surface area (Å²) < 4.78 is 6.03. The van der Waals surface area contributed by atoms with Gasteiger partial charge in [0.25, 0.3) is 5.56 Å². The zero-order chi connectivity index (χ0) is 15.6. The third kappa shape index (κ3) is 2.89. The van der Waals surface area contributed by atoms with Crippen LogP contribution in [0.5, 0.6) is 5.88 Å². The predicted molar refractivity (Wildman–Crippen MR) is 77.3 cm³/mol. The van der Waals surface area contributed by atoms with Crippen LogP contribution in [0.3, 0.4) is 0 Å². The fourth-order valence-corrected chi connectivity index (χ4v) is 2.35. The van der Waals surface area contributed by atoms with Crippen LogP contribution in [-0.2, 0) is 9.53 Å². The lowest BCUT2D eigenvalue weighted by Gasteiger charge is -2.20. The van der Waals surface area contributed by atoms with E-state index in [4.69, 9.17) is 0 Å². The normalized spacial score (nSPS) is 12.6. The number of hydrogen-bond acceptors (Lipinski definition) is 5. The fourth-order valence-electron chi connectivity index (χ4n) is 2.35. The van der Waals surface area contributed by atoms with Gasteiger partial charge in [-0.2, -0.15) is 4.98 Å². The number of ether oxygens (including phenoxy) is 1. The first-order chi connectivity index (χ1) is 9.95. The molecule has 0 bridgehead atoms. The fraction of sp³-hybridized carbons (Fsp3) is 0.400. The van der Waals surface area contributed by atoms with Crippen molar-refractivity contribution < 1.29 is 14.6 Å². The van der Waals surface area contributed by atoms with Gasteiger partial charge in [0.05, 0.1) is 19.1 Å². The lowest BCUT2D eigenvalue weighted by Crippen LogP contribution is -2.26. The number of carbonyl (C=O) groups excluding carboxylic acids is 1. The number of hydrogen-bond donors (Lipinski definition) is 1. The van der Waals surface area contributed by atoms with E-state index in [9.17, 15) is 14.7 Å². The Hall–Kier alpha value is -2.37. The minimum absolute atomic E-state index is 0.0220. The Bertz CT molecular complexity index is 721. The lowest BCUT2D eigenvalue weighted by atomic mass is 9.86. The van der Waals surface area contributed by atoms with Gasteiger partial charge in [-0.25, -0.2) is 0 Å². The third-order valence-corrected chi connectivity index (χ3v) is 3.54. The van der Waals surface area contributed by atoms with Gasteiger partial charge in [0.15, 0.2) is 0 Å². The average Bonchev–Trinajstić information content (AvgIpc) is 2.45. The number of aromatic nitrogens is 2. The summed E-state index contributed by atoms with van der Waals surface area (Å²) in [6.45, 7) is 3.76. The molecule has 2 rings (SSSR count). The molecule has 0 aliphatic carbocycles. The summed E-state index contributed by atoms with van der Waals surface area (Å²) in [7, 11) is 1.30. The number of fused-ring (bicyclic) bond motifs is 1. The summed E-state index contributed by atoms with van der Waals surface area (Å²) >= 11 is 0. The van der Waals surface area contributed by atoms with Crippen molar-refractivity contribution >= 4 is 11.6 Å². The second-order valence-corrected chi connectivity index (χ2v) is 5.21. The van der Waals surface area contributed by atoms with Crippen molar-refractivity contribution in [3.63, 3.8) is 0 Å². The second kappa shape index (κ2) is 5.95. The number of nitrogens with zero attached hydrogens (tertiary/aromatic N) is 2. The highest BCUT2D eigenvalue weighted by molar-refractivity contribution is 5.70. The van der Waals surface area contributed by atoms with Gasteiger partial charge < -0.3 is 9.84 Å². The molecule has 0 saturated carbocycles. The maximum absolute atomic E-state index is 12.6. The van der Waals surface area contributed by atoms with Crippen LogP contribution < -0.4 is 5.56 Å². The van der Waals surface area contributed by atoms with Crippen LogP contribution in [0.15, 0.2) is 29.2 Å². The van der Waals surface area contributed by atoms with Gasteiger partial charge in [0, 0.05) is 12.1 Å². The molecule has 0 aliphatic heterocycles. The molecular weight excluding hydrogens is 272 g/mol. The zero-order valence-electron chi connectivity index (χ0n) is 12.2. The van der Waals surface area contributed by atoms with Gasteiger partial charge in [-0.05, 0) is 18.1 Å². The van der Waals surface area contributed by atoms with Crippen LogP contribution in [0, 0.1) is 5.92 Å². The van der Waals surface area contributed by atoms with Gasteiger partial charge in [-0.3, -0.25) is 14.0 Å². The van der Waals surface area contributed by atoms with Gasteiger partial charge >= 0.3 is 5.97 Å². The van der Waals surface area contributed by atoms with Crippen LogP contribution in [0.4, 0.5) is 0 Å². The van der Waals surface area contributed by atoms with Crippen molar-refractivity contribution in [2.24, 2.45) is 5.92 Å². The molecule has 1 atom stereocenters. The molecule has 0 unspecified atom stereocenters. The molecule has 0 radical (unpaired) electrons. The van der Waals surface area contributed by atoms with E-state index in [1.807, 2.05) is 13.8 Å². The van der Waals surface area contributed by atoms with Gasteiger partial charge in [-0.15, -0.1) is 0 Å². The molecule has 112 valence electrons. The van der Waals surface area contributed by atoms with Crippen LogP contribution in [-0.4, -0.2) is 27.6 Å². The predicted octanol–water partition coefficient (Wildman–Crippen LogP) is 1.70. The minimum atomic E-state index is -0.449. The van der Waals surface area contributed by atoms with Gasteiger partial charge in [-0.1, -0.05) is 19.9 Å². The van der Waals surface area contributed by atoms with E-state index in [1.54, 1.807) is 24.4 Å². The highest BCUT2D eigenvalue weighted by Gasteiger charge is 2.27. The van der Waals surface area contributed by atoms with Crippen molar-refractivity contribution in [1.29, 1.82) is 0 Å². The Morgan fingerprint density at radius 3 is 2.76 bits per heavy atom. The second-order valence-electron chi connectivity index (χ2n) is 5.21. The molecular formula is C15H18N2O4. The Kier molecular flexibility index (Phi) is 4.26. The monoisotopic (exact) mass is 290 g/mol. The van der Waals surface area contributed by atoms with E-state index in [1.165, 1.54) is 11.5 Å². The summed E-state index contributed by atoms with van der Waals surface area (Å²) in [5.41, 5.74) is 0.157. The first-order valence-electron chi connectivity index (χ1n) is 6.72. The Balaban J connectivity index is 2.62. The molecule has 6 nitrogen and oxygen atoms in total. The van der Waals surface area contributed by atoms with E-state index in [-0.39, 0.29) is 29.3 Å². The van der Waals surface area contributed by atoms with Crippen LogP contribution >= 0.6 is 0 Å². The molecule has 0 fully saturated rings. The average molecular weight is 290 g/mol. The first-order valence-corrected chi connectivity index (χ1v) is 6.72. The van der Waals surface area contributed by atoms with Crippen LogP contribution in [0.1, 0.15) is 31.7 Å². The van der Waals surface area contributed by atoms with E-state index >= 15 is 0 Å². The lowest BCUT2D eigenvalue weighted by molar-refractivity contribution is -0.141. The molecule has 0 amide bonds. The van der Waals surface area contributed by atoms with E-state index in [0.717, 1.165) is 0 Å². The Morgan fingerprint density at radius 1 is 1.43 bits per heavy atom. The first kappa shape index (κ1) is 15.0. The topological polar surface area (TPSA) is 80.9 Å². The molecule has 0 spiro atoms. The van der Waals surface area contributed by atoms with E-state index < -0.39 is 11.9 Å². The smallest absolute Gasteiger partial charge is 0.306 e. The quantitative estimate of drug-likeness (QED) is 0.867. The number of rotatable bonds is 4. The van der Waals surface area contributed by atoms with Crippen LogP contribution in [0.25, 0.3) is 5.65 Å². The Morgan fingerprint density at radius 2 is 2.14 bits per heavy atom. The summed E-state index contributed by atoms with van der Waals surface area (Å²) in [4.78, 5) is 28.2. The molecule has 2 aromatic heterocycles. The summed E-state index contributed by atoms with van der Waals surface area (Å²) in [6.07, 6.45) is 1.61. The van der Waals surface area contributed by atoms with Crippen molar-refractivity contribution in [2.45, 2.75) is 26.2 Å². The molecule has 1 N–H and O–H groups in total. The maximum Gasteiger partial charge on any atom is 0.306 e. The van der Waals surface area contributed by atoms with E-state index in [0.29, 0.717) is 5.65 Å².